The molecule has 26 heavy (non-hydrogen) atoms. The number of rotatable bonds is 6. The monoisotopic (exact) mass is 357 g/mol. The second-order valence-electron chi connectivity index (χ2n) is 7.98. The first kappa shape index (κ1) is 18.9. The average molecular weight is 357 g/mol. The Hall–Kier alpha value is -1.91. The largest absolute Gasteiger partial charge is 0.342 e. The van der Waals surface area contributed by atoms with Gasteiger partial charge in [0.2, 0.25) is 11.8 Å². The van der Waals surface area contributed by atoms with Crippen molar-refractivity contribution in [1.82, 2.24) is 14.8 Å². The van der Waals surface area contributed by atoms with E-state index in [0.29, 0.717) is 25.3 Å². The number of amides is 2. The van der Waals surface area contributed by atoms with Crippen LogP contribution in [-0.4, -0.2) is 46.2 Å². The summed E-state index contributed by atoms with van der Waals surface area (Å²) in [5, 5.41) is 0. The van der Waals surface area contributed by atoms with Gasteiger partial charge in [0.05, 0.1) is 0 Å². The molecule has 2 saturated heterocycles. The predicted octanol–water partition coefficient (Wildman–Crippen LogP) is 3.39. The van der Waals surface area contributed by atoms with Crippen molar-refractivity contribution in [2.45, 2.75) is 64.8 Å². The van der Waals surface area contributed by atoms with Crippen LogP contribution in [0.25, 0.3) is 0 Å². The van der Waals surface area contributed by atoms with Crippen LogP contribution in [0.15, 0.2) is 24.5 Å². The van der Waals surface area contributed by atoms with E-state index in [1.807, 2.05) is 17.0 Å². The van der Waals surface area contributed by atoms with E-state index in [0.717, 1.165) is 63.7 Å². The van der Waals surface area contributed by atoms with Gasteiger partial charge >= 0.3 is 0 Å². The van der Waals surface area contributed by atoms with Crippen molar-refractivity contribution < 1.29 is 9.59 Å². The lowest BCUT2D eigenvalue weighted by Gasteiger charge is -2.48. The lowest BCUT2D eigenvalue weighted by atomic mass is 9.73. The summed E-state index contributed by atoms with van der Waals surface area (Å²) in [4.78, 5) is 33.1. The van der Waals surface area contributed by atoms with Gasteiger partial charge in [0.15, 0.2) is 0 Å². The van der Waals surface area contributed by atoms with Crippen LogP contribution in [0.5, 0.6) is 0 Å². The molecule has 1 spiro atoms. The molecule has 142 valence electrons. The molecular formula is C21H31N3O2. The highest BCUT2D eigenvalue weighted by molar-refractivity contribution is 5.78. The van der Waals surface area contributed by atoms with Crippen LogP contribution in [-0.2, 0) is 16.1 Å². The van der Waals surface area contributed by atoms with Crippen LogP contribution in [0.2, 0.25) is 0 Å². The second kappa shape index (κ2) is 8.65. The van der Waals surface area contributed by atoms with Crippen molar-refractivity contribution in [3.63, 3.8) is 0 Å². The second-order valence-corrected chi connectivity index (χ2v) is 7.98. The summed E-state index contributed by atoms with van der Waals surface area (Å²) < 4.78 is 0. The molecule has 5 nitrogen and oxygen atoms in total. The highest BCUT2D eigenvalue weighted by Gasteiger charge is 2.42. The molecule has 0 aliphatic carbocycles. The molecule has 0 aromatic carbocycles. The molecule has 0 bridgehead atoms. The van der Waals surface area contributed by atoms with Crippen LogP contribution in [0, 0.1) is 5.41 Å². The molecule has 1 aromatic rings. The predicted molar refractivity (Wildman–Crippen MR) is 101 cm³/mol. The first-order valence-corrected chi connectivity index (χ1v) is 10.1. The van der Waals surface area contributed by atoms with E-state index >= 15 is 0 Å². The van der Waals surface area contributed by atoms with Gasteiger partial charge in [-0.15, -0.1) is 0 Å². The third kappa shape index (κ3) is 4.63. The average Bonchev–Trinajstić information content (AvgIpc) is 2.66. The van der Waals surface area contributed by atoms with Crippen molar-refractivity contribution in [3.8, 4) is 0 Å². The molecule has 2 amide bonds. The van der Waals surface area contributed by atoms with Gasteiger partial charge in [-0.1, -0.05) is 19.8 Å². The summed E-state index contributed by atoms with van der Waals surface area (Å²) in [6, 6.07) is 3.94. The number of pyridine rings is 1. The van der Waals surface area contributed by atoms with Crippen molar-refractivity contribution >= 4 is 11.8 Å². The Balaban J connectivity index is 1.62. The van der Waals surface area contributed by atoms with Gasteiger partial charge in [0.25, 0.3) is 0 Å². The van der Waals surface area contributed by atoms with Crippen LogP contribution in [0.3, 0.4) is 0 Å². The van der Waals surface area contributed by atoms with Gasteiger partial charge in [-0.05, 0) is 43.4 Å². The quantitative estimate of drug-likeness (QED) is 0.733. The standard InChI is InChI=1S/C21H31N3O2/c1-2-3-4-6-19(25)23-14-5-10-21(16-23)11-7-20(26)24(17-21)15-18-8-12-22-13-9-18/h8-9,12-13H,2-7,10-11,14-17H2,1H3/t21-/m1/s1. The highest BCUT2D eigenvalue weighted by Crippen LogP contribution is 2.39. The summed E-state index contributed by atoms with van der Waals surface area (Å²) >= 11 is 0. The van der Waals surface area contributed by atoms with Gasteiger partial charge in [0.1, 0.15) is 0 Å². The summed E-state index contributed by atoms with van der Waals surface area (Å²) in [5.74, 6) is 0.536. The zero-order valence-electron chi connectivity index (χ0n) is 16.0. The van der Waals surface area contributed by atoms with Gasteiger partial charge in [-0.2, -0.15) is 0 Å². The number of hydrogen-bond acceptors (Lipinski definition) is 3. The topological polar surface area (TPSA) is 53.5 Å². The molecule has 3 rings (SSSR count). The van der Waals surface area contributed by atoms with E-state index in [4.69, 9.17) is 0 Å². The Morgan fingerprint density at radius 2 is 2.00 bits per heavy atom. The van der Waals surface area contributed by atoms with Crippen LogP contribution in [0.1, 0.15) is 63.9 Å². The Kier molecular flexibility index (Phi) is 6.28. The molecule has 5 heteroatoms. The normalized spacial score (nSPS) is 23.5. The number of aromatic nitrogens is 1. The number of likely N-dealkylation sites (tertiary alicyclic amines) is 2. The first-order chi connectivity index (χ1) is 12.6. The smallest absolute Gasteiger partial charge is 0.222 e. The molecular weight excluding hydrogens is 326 g/mol. The zero-order chi connectivity index (χ0) is 18.4. The van der Waals surface area contributed by atoms with Crippen molar-refractivity contribution in [1.29, 1.82) is 0 Å². The lowest BCUT2D eigenvalue weighted by molar-refractivity contribution is -0.143. The van der Waals surface area contributed by atoms with Crippen LogP contribution < -0.4 is 0 Å². The molecule has 2 aliphatic heterocycles. The summed E-state index contributed by atoms with van der Waals surface area (Å²) in [7, 11) is 0. The fourth-order valence-electron chi connectivity index (χ4n) is 4.39. The summed E-state index contributed by atoms with van der Waals surface area (Å²) in [6.07, 6.45) is 11.2. The van der Waals surface area contributed by atoms with Gasteiger partial charge in [0, 0.05) is 56.8 Å². The Morgan fingerprint density at radius 1 is 1.19 bits per heavy atom. The van der Waals surface area contributed by atoms with E-state index in [9.17, 15) is 9.59 Å². The minimum absolute atomic E-state index is 0.0829. The maximum Gasteiger partial charge on any atom is 0.222 e. The number of hydrogen-bond donors (Lipinski definition) is 0. The molecule has 1 aromatic heterocycles. The molecule has 0 saturated carbocycles. The van der Waals surface area contributed by atoms with E-state index in [-0.39, 0.29) is 11.3 Å². The third-order valence-electron chi connectivity index (χ3n) is 5.88. The minimum Gasteiger partial charge on any atom is -0.342 e. The molecule has 2 fully saturated rings. The van der Waals surface area contributed by atoms with Gasteiger partial charge in [-0.25, -0.2) is 0 Å². The van der Waals surface area contributed by atoms with Crippen molar-refractivity contribution in [2.24, 2.45) is 5.41 Å². The number of piperidine rings is 2. The van der Waals surface area contributed by atoms with E-state index in [1.165, 1.54) is 0 Å². The minimum atomic E-state index is 0.0829. The molecule has 0 radical (unpaired) electrons. The van der Waals surface area contributed by atoms with Crippen LogP contribution in [0.4, 0.5) is 0 Å². The fraction of sp³-hybridized carbons (Fsp3) is 0.667. The highest BCUT2D eigenvalue weighted by atomic mass is 16.2. The number of carbonyl (C=O) groups is 2. The maximum absolute atomic E-state index is 12.6. The Bertz CT molecular complexity index is 619. The molecule has 0 unspecified atom stereocenters. The molecule has 0 N–H and O–H groups in total. The SMILES string of the molecule is CCCCCC(=O)N1CCC[C@@]2(CCC(=O)N(Cc3ccncc3)C2)C1. The maximum atomic E-state index is 12.6. The van der Waals surface area contributed by atoms with Crippen LogP contribution >= 0.6 is 0 Å². The number of unbranched alkanes of at least 4 members (excludes halogenated alkanes) is 2. The van der Waals surface area contributed by atoms with E-state index in [2.05, 4.69) is 16.8 Å². The first-order valence-electron chi connectivity index (χ1n) is 10.1. The zero-order valence-corrected chi connectivity index (χ0v) is 16.0. The molecule has 2 aliphatic rings. The lowest BCUT2D eigenvalue weighted by Crippen LogP contribution is -2.54. The van der Waals surface area contributed by atoms with E-state index < -0.39 is 0 Å². The number of nitrogens with zero attached hydrogens (tertiary/aromatic N) is 3. The van der Waals surface area contributed by atoms with E-state index in [1.54, 1.807) is 12.4 Å². The molecule has 3 heterocycles. The van der Waals surface area contributed by atoms with Crippen molar-refractivity contribution in [2.75, 3.05) is 19.6 Å². The molecule has 1 atom stereocenters. The Labute approximate surface area is 156 Å². The van der Waals surface area contributed by atoms with Gasteiger partial charge < -0.3 is 9.80 Å². The number of carbonyl (C=O) groups excluding carboxylic acids is 2. The fourth-order valence-corrected chi connectivity index (χ4v) is 4.39. The Morgan fingerprint density at radius 3 is 2.77 bits per heavy atom. The summed E-state index contributed by atoms with van der Waals surface area (Å²) in [5.41, 5.74) is 1.20. The third-order valence-corrected chi connectivity index (χ3v) is 5.88. The summed E-state index contributed by atoms with van der Waals surface area (Å²) in [6.45, 7) is 5.28. The van der Waals surface area contributed by atoms with Gasteiger partial charge in [-0.3, -0.25) is 14.6 Å². The van der Waals surface area contributed by atoms with Crippen molar-refractivity contribution in [3.05, 3.63) is 30.1 Å².